The van der Waals surface area contributed by atoms with Gasteiger partial charge in [-0.1, -0.05) is 30.7 Å². The van der Waals surface area contributed by atoms with Crippen LogP contribution in [0, 0.1) is 23.5 Å². The van der Waals surface area contributed by atoms with E-state index in [9.17, 15) is 8.78 Å². The lowest BCUT2D eigenvalue weighted by Crippen LogP contribution is -2.31. The molecule has 0 saturated heterocycles. The Morgan fingerprint density at radius 2 is 1.07 bits per heavy atom. The second kappa shape index (κ2) is 13.1. The zero-order valence-electron chi connectivity index (χ0n) is 16.0. The summed E-state index contributed by atoms with van der Waals surface area (Å²) < 4.78 is 25.9. The predicted octanol–water partition coefficient (Wildman–Crippen LogP) is 5.49. The lowest BCUT2D eigenvalue weighted by Gasteiger charge is -2.29. The van der Waals surface area contributed by atoms with Crippen molar-refractivity contribution in [3.05, 3.63) is 71.3 Å². The number of rotatable bonds is 8. The van der Waals surface area contributed by atoms with Crippen molar-refractivity contribution >= 4 is 24.8 Å². The van der Waals surface area contributed by atoms with Crippen LogP contribution in [0.25, 0.3) is 0 Å². The van der Waals surface area contributed by atoms with Crippen LogP contribution in [0.15, 0.2) is 48.5 Å². The summed E-state index contributed by atoms with van der Waals surface area (Å²) in [7, 11) is 0. The van der Waals surface area contributed by atoms with Crippen LogP contribution < -0.4 is 10.6 Å². The molecular weight excluding hydrogens is 401 g/mol. The average molecular weight is 431 g/mol. The first-order valence-electron chi connectivity index (χ1n) is 9.59. The van der Waals surface area contributed by atoms with Gasteiger partial charge in [-0.15, -0.1) is 24.8 Å². The van der Waals surface area contributed by atoms with Crippen molar-refractivity contribution in [1.29, 1.82) is 0 Å². The Kier molecular flexibility index (Phi) is 11.6. The third kappa shape index (κ3) is 8.44. The zero-order chi connectivity index (χ0) is 18.2. The Hall–Kier alpha value is -1.20. The van der Waals surface area contributed by atoms with Crippen molar-refractivity contribution in [3.63, 3.8) is 0 Å². The molecule has 0 spiro atoms. The fourth-order valence-electron chi connectivity index (χ4n) is 3.82. The molecule has 1 aliphatic rings. The first-order chi connectivity index (χ1) is 12.7. The number of benzene rings is 2. The van der Waals surface area contributed by atoms with Crippen molar-refractivity contribution in [2.45, 2.75) is 38.8 Å². The van der Waals surface area contributed by atoms with Crippen LogP contribution in [0.4, 0.5) is 8.78 Å². The van der Waals surface area contributed by atoms with Crippen LogP contribution in [0.2, 0.25) is 0 Å². The molecular formula is C22H30Cl2F2N2. The van der Waals surface area contributed by atoms with Crippen LogP contribution in [0.5, 0.6) is 0 Å². The molecule has 0 amide bonds. The molecule has 1 aliphatic carbocycles. The number of halogens is 4. The maximum atomic E-state index is 12.9. The predicted molar refractivity (Wildman–Crippen MR) is 116 cm³/mol. The minimum Gasteiger partial charge on any atom is -0.312 e. The quantitative estimate of drug-likeness (QED) is 0.577. The van der Waals surface area contributed by atoms with Gasteiger partial charge in [-0.05, 0) is 79.6 Å². The third-order valence-electron chi connectivity index (χ3n) is 5.24. The van der Waals surface area contributed by atoms with Crippen LogP contribution in [-0.2, 0) is 13.1 Å². The SMILES string of the molecule is Cl.Cl.Fc1ccc(CNCC2CCCC(CNCc3ccc(F)cc3)C2)cc1. The highest BCUT2D eigenvalue weighted by Crippen LogP contribution is 2.28. The molecule has 1 fully saturated rings. The smallest absolute Gasteiger partial charge is 0.123 e. The third-order valence-corrected chi connectivity index (χ3v) is 5.24. The summed E-state index contributed by atoms with van der Waals surface area (Å²) in [6, 6.07) is 13.4. The number of nitrogens with one attached hydrogen (secondary N) is 2. The molecule has 0 aromatic heterocycles. The molecule has 28 heavy (non-hydrogen) atoms. The average Bonchev–Trinajstić information content (AvgIpc) is 2.65. The van der Waals surface area contributed by atoms with E-state index in [1.165, 1.54) is 49.9 Å². The summed E-state index contributed by atoms with van der Waals surface area (Å²) in [5.74, 6) is 1.05. The molecule has 1 saturated carbocycles. The van der Waals surface area contributed by atoms with Crippen LogP contribution in [0.1, 0.15) is 36.8 Å². The van der Waals surface area contributed by atoms with Gasteiger partial charge in [0.2, 0.25) is 0 Å². The van der Waals surface area contributed by atoms with E-state index in [0.29, 0.717) is 11.8 Å². The lowest BCUT2D eigenvalue weighted by molar-refractivity contribution is 0.252. The molecule has 2 unspecified atom stereocenters. The highest BCUT2D eigenvalue weighted by molar-refractivity contribution is 5.85. The maximum absolute atomic E-state index is 12.9. The molecule has 2 aromatic rings. The summed E-state index contributed by atoms with van der Waals surface area (Å²) in [6.45, 7) is 3.63. The summed E-state index contributed by atoms with van der Waals surface area (Å²) in [4.78, 5) is 0. The van der Waals surface area contributed by atoms with Crippen LogP contribution in [0.3, 0.4) is 0 Å². The van der Waals surface area contributed by atoms with Gasteiger partial charge in [0.1, 0.15) is 11.6 Å². The van der Waals surface area contributed by atoms with Gasteiger partial charge in [-0.3, -0.25) is 0 Å². The Morgan fingerprint density at radius 3 is 1.46 bits per heavy atom. The standard InChI is InChI=1S/C22H28F2N2.2ClH/c23-21-8-4-17(5-9-21)13-25-15-19-2-1-3-20(12-19)16-26-14-18-6-10-22(24)11-7-18;;/h4-11,19-20,25-26H,1-3,12-16H2;2*1H. The summed E-state index contributed by atoms with van der Waals surface area (Å²) in [5, 5.41) is 7.04. The Labute approximate surface area is 179 Å². The molecule has 0 bridgehead atoms. The van der Waals surface area contributed by atoms with E-state index in [4.69, 9.17) is 0 Å². The van der Waals surface area contributed by atoms with Gasteiger partial charge in [0.05, 0.1) is 0 Å². The van der Waals surface area contributed by atoms with E-state index >= 15 is 0 Å². The number of hydrogen-bond acceptors (Lipinski definition) is 2. The molecule has 3 rings (SSSR count). The zero-order valence-corrected chi connectivity index (χ0v) is 17.6. The Morgan fingerprint density at radius 1 is 0.679 bits per heavy atom. The minimum absolute atomic E-state index is 0. The van der Waals surface area contributed by atoms with Crippen molar-refractivity contribution in [2.24, 2.45) is 11.8 Å². The van der Waals surface area contributed by atoms with Gasteiger partial charge in [0, 0.05) is 13.1 Å². The summed E-state index contributed by atoms with van der Waals surface area (Å²) in [6.07, 6.45) is 5.09. The molecule has 0 radical (unpaired) electrons. The van der Waals surface area contributed by atoms with Gasteiger partial charge >= 0.3 is 0 Å². The number of hydrogen-bond donors (Lipinski definition) is 2. The molecule has 156 valence electrons. The Bertz CT molecular complexity index is 608. The van der Waals surface area contributed by atoms with E-state index in [1.807, 2.05) is 24.3 Å². The Balaban J connectivity index is 0.00000196. The highest BCUT2D eigenvalue weighted by atomic mass is 35.5. The van der Waals surface area contributed by atoms with Gasteiger partial charge in [0.25, 0.3) is 0 Å². The lowest BCUT2D eigenvalue weighted by atomic mass is 9.81. The van der Waals surface area contributed by atoms with Crippen molar-refractivity contribution < 1.29 is 8.78 Å². The van der Waals surface area contributed by atoms with E-state index in [1.54, 1.807) is 0 Å². The van der Waals surface area contributed by atoms with E-state index in [0.717, 1.165) is 37.3 Å². The largest absolute Gasteiger partial charge is 0.312 e. The topological polar surface area (TPSA) is 24.1 Å². The monoisotopic (exact) mass is 430 g/mol. The van der Waals surface area contributed by atoms with Crippen LogP contribution >= 0.6 is 24.8 Å². The van der Waals surface area contributed by atoms with E-state index < -0.39 is 0 Å². The molecule has 2 aromatic carbocycles. The van der Waals surface area contributed by atoms with Gasteiger partial charge in [-0.2, -0.15) is 0 Å². The molecule has 0 heterocycles. The van der Waals surface area contributed by atoms with E-state index in [-0.39, 0.29) is 36.4 Å². The fourth-order valence-corrected chi connectivity index (χ4v) is 3.82. The van der Waals surface area contributed by atoms with Gasteiger partial charge in [-0.25, -0.2) is 8.78 Å². The first kappa shape index (κ1) is 24.8. The fraction of sp³-hybridized carbons (Fsp3) is 0.455. The highest BCUT2D eigenvalue weighted by Gasteiger charge is 2.21. The van der Waals surface area contributed by atoms with E-state index in [2.05, 4.69) is 10.6 Å². The summed E-state index contributed by atoms with van der Waals surface area (Å²) >= 11 is 0. The van der Waals surface area contributed by atoms with Crippen molar-refractivity contribution in [1.82, 2.24) is 10.6 Å². The molecule has 0 aliphatic heterocycles. The molecule has 6 heteroatoms. The van der Waals surface area contributed by atoms with Gasteiger partial charge in [0.15, 0.2) is 0 Å². The second-order valence-electron chi connectivity index (χ2n) is 7.41. The summed E-state index contributed by atoms with van der Waals surface area (Å²) in [5.41, 5.74) is 2.25. The normalized spacial score (nSPS) is 18.8. The second-order valence-corrected chi connectivity index (χ2v) is 7.41. The van der Waals surface area contributed by atoms with Crippen molar-refractivity contribution in [2.75, 3.05) is 13.1 Å². The first-order valence-corrected chi connectivity index (χ1v) is 9.59. The minimum atomic E-state index is -0.183. The van der Waals surface area contributed by atoms with Gasteiger partial charge < -0.3 is 10.6 Å². The van der Waals surface area contributed by atoms with Crippen molar-refractivity contribution in [3.8, 4) is 0 Å². The molecule has 2 N–H and O–H groups in total. The molecule has 2 nitrogen and oxygen atoms in total. The maximum Gasteiger partial charge on any atom is 0.123 e. The van der Waals surface area contributed by atoms with Crippen LogP contribution in [-0.4, -0.2) is 13.1 Å². The molecule has 2 atom stereocenters.